The predicted molar refractivity (Wildman–Crippen MR) is 100 cm³/mol. The van der Waals surface area contributed by atoms with Crippen molar-refractivity contribution in [2.75, 3.05) is 5.32 Å². The molecule has 154 valence electrons. The first-order valence-electron chi connectivity index (χ1n) is 8.50. The summed E-state index contributed by atoms with van der Waals surface area (Å²) in [5.74, 6) is -0.323. The number of carbonyl (C=O) groups is 2. The number of rotatable bonds is 3. The molecule has 2 aromatic rings. The van der Waals surface area contributed by atoms with E-state index in [2.05, 4.69) is 15.8 Å². The molecule has 0 aliphatic heterocycles. The van der Waals surface area contributed by atoms with Crippen molar-refractivity contribution in [3.63, 3.8) is 0 Å². The smallest absolute Gasteiger partial charge is 0.416 e. The first-order valence-corrected chi connectivity index (χ1v) is 8.88. The van der Waals surface area contributed by atoms with Gasteiger partial charge in [-0.2, -0.15) is 18.3 Å². The molecule has 0 unspecified atom stereocenters. The number of hydrazone groups is 1. The molecule has 0 saturated carbocycles. The maximum atomic E-state index is 12.9. The number of nitrogens with two attached hydrogens (primary N) is 1. The molecule has 0 bridgehead atoms. The van der Waals surface area contributed by atoms with Gasteiger partial charge in [-0.15, -0.1) is 0 Å². The summed E-state index contributed by atoms with van der Waals surface area (Å²) in [7, 11) is 0. The van der Waals surface area contributed by atoms with E-state index in [1.807, 2.05) is 0 Å². The summed E-state index contributed by atoms with van der Waals surface area (Å²) >= 11 is 5.93. The average Bonchev–Trinajstić information content (AvgIpc) is 2.98. The zero-order valence-electron chi connectivity index (χ0n) is 15.1. The number of hydrogen-bond acceptors (Lipinski definition) is 4. The van der Waals surface area contributed by atoms with Gasteiger partial charge in [-0.3, -0.25) is 4.79 Å². The lowest BCUT2D eigenvalue weighted by atomic mass is 9.93. The highest BCUT2D eigenvalue weighted by Gasteiger charge is 2.32. The van der Waals surface area contributed by atoms with Crippen LogP contribution >= 0.6 is 11.6 Å². The molecule has 11 heteroatoms. The van der Waals surface area contributed by atoms with Crippen LogP contribution in [-0.2, 0) is 12.6 Å². The minimum Gasteiger partial charge on any atom is -0.455 e. The number of urea groups is 1. The van der Waals surface area contributed by atoms with Crippen molar-refractivity contribution in [2.45, 2.75) is 32.4 Å². The number of benzene rings is 1. The number of alkyl halides is 3. The lowest BCUT2D eigenvalue weighted by molar-refractivity contribution is -0.137. The zero-order chi connectivity index (χ0) is 21.3. The molecule has 0 spiro atoms. The van der Waals surface area contributed by atoms with E-state index in [1.54, 1.807) is 6.92 Å². The molecular formula is C18H16ClF3N4O3. The topological polar surface area (TPSA) is 110 Å². The highest BCUT2D eigenvalue weighted by atomic mass is 35.5. The monoisotopic (exact) mass is 428 g/mol. The fourth-order valence-electron chi connectivity index (χ4n) is 3.10. The van der Waals surface area contributed by atoms with Gasteiger partial charge in [0, 0.05) is 17.5 Å². The number of anilines is 1. The fraction of sp³-hybridized carbons (Fsp3) is 0.278. The summed E-state index contributed by atoms with van der Waals surface area (Å²) in [5.41, 5.74) is 7.57. The van der Waals surface area contributed by atoms with Crippen molar-refractivity contribution in [3.05, 3.63) is 51.4 Å². The largest absolute Gasteiger partial charge is 0.455 e. The Balaban J connectivity index is 1.92. The second-order valence-corrected chi connectivity index (χ2v) is 6.80. The summed E-state index contributed by atoms with van der Waals surface area (Å²) in [5, 5.41) is 6.26. The van der Waals surface area contributed by atoms with Gasteiger partial charge in [-0.25, -0.2) is 10.2 Å². The third-order valence-electron chi connectivity index (χ3n) is 4.37. The van der Waals surface area contributed by atoms with Gasteiger partial charge in [0.1, 0.15) is 5.76 Å². The first-order chi connectivity index (χ1) is 13.6. The Morgan fingerprint density at radius 1 is 1.28 bits per heavy atom. The lowest BCUT2D eigenvalue weighted by Gasteiger charge is -2.13. The number of amides is 3. The van der Waals surface area contributed by atoms with E-state index in [0.29, 0.717) is 41.9 Å². The number of hydrogen-bond donors (Lipinski definition) is 3. The van der Waals surface area contributed by atoms with Crippen molar-refractivity contribution in [1.82, 2.24) is 5.43 Å². The molecule has 0 saturated heterocycles. The van der Waals surface area contributed by atoms with Crippen LogP contribution in [0.5, 0.6) is 0 Å². The van der Waals surface area contributed by atoms with Crippen molar-refractivity contribution >= 4 is 34.9 Å². The van der Waals surface area contributed by atoms with Gasteiger partial charge in [0.15, 0.2) is 5.76 Å². The minimum atomic E-state index is -4.58. The summed E-state index contributed by atoms with van der Waals surface area (Å²) in [4.78, 5) is 23.6. The Kier molecular flexibility index (Phi) is 5.56. The summed E-state index contributed by atoms with van der Waals surface area (Å²) in [6.45, 7) is 1.62. The van der Waals surface area contributed by atoms with Crippen LogP contribution in [0.25, 0.3) is 0 Å². The molecule has 3 rings (SSSR count). The number of primary amides is 1. The molecule has 29 heavy (non-hydrogen) atoms. The van der Waals surface area contributed by atoms with Crippen LogP contribution in [0.1, 0.15) is 45.8 Å². The average molecular weight is 429 g/mol. The fourth-order valence-corrected chi connectivity index (χ4v) is 3.26. The third kappa shape index (κ3) is 4.37. The molecule has 1 aromatic carbocycles. The van der Waals surface area contributed by atoms with Gasteiger partial charge < -0.3 is 15.5 Å². The van der Waals surface area contributed by atoms with E-state index < -0.39 is 23.7 Å². The molecule has 0 atom stereocenters. The van der Waals surface area contributed by atoms with Crippen LogP contribution in [0.3, 0.4) is 0 Å². The number of furan rings is 1. The normalized spacial score (nSPS) is 15.1. The molecular weight excluding hydrogens is 413 g/mol. The Labute approximate surface area is 168 Å². The second kappa shape index (κ2) is 7.78. The van der Waals surface area contributed by atoms with Crippen LogP contribution in [0.2, 0.25) is 5.02 Å². The standard InChI is InChI=1S/C18H16ClF3N4O3/c1-8-14-11(25-26-17(23)28)3-2-4-13(14)29-15(8)16(27)24-12-7-9(18(20,21)22)5-6-10(12)19/h5-7H,2-4H2,1H3,(H,24,27)(H3,23,26,28)/b25-11+. The number of halogens is 4. The third-order valence-corrected chi connectivity index (χ3v) is 4.70. The minimum absolute atomic E-state index is 0.0479. The van der Waals surface area contributed by atoms with Crippen molar-refractivity contribution in [2.24, 2.45) is 10.8 Å². The van der Waals surface area contributed by atoms with Crippen molar-refractivity contribution in [1.29, 1.82) is 0 Å². The molecule has 1 aromatic heterocycles. The highest BCUT2D eigenvalue weighted by Crippen LogP contribution is 2.35. The van der Waals surface area contributed by atoms with Crippen molar-refractivity contribution in [3.8, 4) is 0 Å². The predicted octanol–water partition coefficient (Wildman–Crippen LogP) is 4.22. The first kappa shape index (κ1) is 20.7. The van der Waals surface area contributed by atoms with Crippen LogP contribution in [0, 0.1) is 6.92 Å². The van der Waals surface area contributed by atoms with E-state index in [-0.39, 0.29) is 16.5 Å². The van der Waals surface area contributed by atoms with Crippen LogP contribution in [-0.4, -0.2) is 17.6 Å². The van der Waals surface area contributed by atoms with Crippen LogP contribution in [0.4, 0.5) is 23.7 Å². The molecule has 1 heterocycles. The zero-order valence-corrected chi connectivity index (χ0v) is 15.9. The molecule has 3 amide bonds. The number of carbonyl (C=O) groups excluding carboxylic acids is 2. The number of fused-ring (bicyclic) bond motifs is 1. The lowest BCUT2D eigenvalue weighted by Crippen LogP contribution is -2.27. The van der Waals surface area contributed by atoms with Crippen LogP contribution in [0.15, 0.2) is 27.7 Å². The van der Waals surface area contributed by atoms with Gasteiger partial charge in [0.05, 0.1) is 22.0 Å². The quantitative estimate of drug-likeness (QED) is 0.636. The summed E-state index contributed by atoms with van der Waals surface area (Å²) in [6, 6.07) is 1.80. The molecule has 0 fully saturated rings. The van der Waals surface area contributed by atoms with Crippen LogP contribution < -0.4 is 16.5 Å². The Morgan fingerprint density at radius 3 is 2.66 bits per heavy atom. The van der Waals surface area contributed by atoms with E-state index in [1.165, 1.54) is 0 Å². The van der Waals surface area contributed by atoms with Gasteiger partial charge >= 0.3 is 12.2 Å². The SMILES string of the molecule is Cc1c(C(=O)Nc2cc(C(F)(F)F)ccc2Cl)oc2c1/C(=N/NC(N)=O)CCC2. The van der Waals surface area contributed by atoms with E-state index in [0.717, 1.165) is 18.2 Å². The number of aryl methyl sites for hydroxylation is 1. The molecule has 0 radical (unpaired) electrons. The molecule has 4 N–H and O–H groups in total. The molecule has 1 aliphatic rings. The summed E-state index contributed by atoms with van der Waals surface area (Å²) in [6.07, 6.45) is -2.82. The highest BCUT2D eigenvalue weighted by molar-refractivity contribution is 6.34. The van der Waals surface area contributed by atoms with Crippen molar-refractivity contribution < 1.29 is 27.2 Å². The Morgan fingerprint density at radius 2 is 2.00 bits per heavy atom. The number of nitrogens with zero attached hydrogens (tertiary/aromatic N) is 1. The maximum absolute atomic E-state index is 12.9. The van der Waals surface area contributed by atoms with E-state index >= 15 is 0 Å². The maximum Gasteiger partial charge on any atom is 0.416 e. The van der Waals surface area contributed by atoms with Gasteiger partial charge in [0.25, 0.3) is 5.91 Å². The molecule has 7 nitrogen and oxygen atoms in total. The Bertz CT molecular complexity index is 1010. The Hall–Kier alpha value is -3.01. The van der Waals surface area contributed by atoms with Gasteiger partial charge in [-0.1, -0.05) is 11.6 Å². The summed E-state index contributed by atoms with van der Waals surface area (Å²) < 4.78 is 44.4. The van der Waals surface area contributed by atoms with E-state index in [4.69, 9.17) is 21.8 Å². The molecule has 1 aliphatic carbocycles. The number of nitrogens with one attached hydrogen (secondary N) is 2. The second-order valence-electron chi connectivity index (χ2n) is 6.39. The van der Waals surface area contributed by atoms with Gasteiger partial charge in [-0.05, 0) is 38.0 Å². The van der Waals surface area contributed by atoms with Gasteiger partial charge in [0.2, 0.25) is 0 Å². The van der Waals surface area contributed by atoms with E-state index in [9.17, 15) is 22.8 Å².